The molecule has 3 N–H and O–H groups in total. The minimum Gasteiger partial charge on any atom is -0.399 e. The zero-order valence-electron chi connectivity index (χ0n) is 15.5. The Labute approximate surface area is 151 Å². The number of nitrogens with two attached hydrogens (primary N) is 1. The summed E-state index contributed by atoms with van der Waals surface area (Å²) in [7, 11) is 0. The molecule has 1 aliphatic carbocycles. The number of benzene rings is 1. The Kier molecular flexibility index (Phi) is 6.85. The molecule has 5 nitrogen and oxygen atoms in total. The second-order valence-corrected chi connectivity index (χ2v) is 6.87. The minimum absolute atomic E-state index is 0.0642. The van der Waals surface area contributed by atoms with Crippen molar-refractivity contribution in [2.75, 3.05) is 18.8 Å². The third kappa shape index (κ3) is 4.74. The average molecular weight is 345 g/mol. The van der Waals surface area contributed by atoms with E-state index in [2.05, 4.69) is 5.32 Å². The summed E-state index contributed by atoms with van der Waals surface area (Å²) >= 11 is 0. The van der Waals surface area contributed by atoms with Crippen molar-refractivity contribution in [3.05, 3.63) is 29.8 Å². The summed E-state index contributed by atoms with van der Waals surface area (Å²) < 4.78 is 0. The van der Waals surface area contributed by atoms with Crippen LogP contribution in [0.1, 0.15) is 57.9 Å². The maximum absolute atomic E-state index is 13.0. The number of hydrogen-bond donors (Lipinski definition) is 2. The van der Waals surface area contributed by atoms with Crippen molar-refractivity contribution in [1.82, 2.24) is 10.2 Å². The molecule has 1 fully saturated rings. The molecule has 0 radical (unpaired) electrons. The van der Waals surface area contributed by atoms with Crippen LogP contribution in [0.5, 0.6) is 0 Å². The van der Waals surface area contributed by atoms with Gasteiger partial charge >= 0.3 is 0 Å². The monoisotopic (exact) mass is 345 g/mol. The van der Waals surface area contributed by atoms with Crippen LogP contribution in [0.4, 0.5) is 5.69 Å². The molecule has 1 aliphatic rings. The highest BCUT2D eigenvalue weighted by Crippen LogP contribution is 2.30. The maximum Gasteiger partial charge on any atom is 0.248 e. The molecule has 0 aliphatic heterocycles. The zero-order valence-corrected chi connectivity index (χ0v) is 15.5. The number of anilines is 1. The Morgan fingerprint density at radius 2 is 1.76 bits per heavy atom. The zero-order chi connectivity index (χ0) is 18.3. The van der Waals surface area contributed by atoms with E-state index in [1.165, 1.54) is 0 Å². The number of nitrogens with zero attached hydrogens (tertiary/aromatic N) is 1. The number of amides is 2. The molecule has 2 amide bonds. The number of hydrogen-bond acceptors (Lipinski definition) is 3. The largest absolute Gasteiger partial charge is 0.399 e. The molecule has 138 valence electrons. The van der Waals surface area contributed by atoms with Crippen molar-refractivity contribution < 1.29 is 9.59 Å². The van der Waals surface area contributed by atoms with Gasteiger partial charge in [0.15, 0.2) is 0 Å². The Hall–Kier alpha value is -2.04. The van der Waals surface area contributed by atoms with Crippen LogP contribution in [0.2, 0.25) is 0 Å². The molecule has 0 bridgehead atoms. The van der Waals surface area contributed by atoms with Gasteiger partial charge in [0.2, 0.25) is 11.8 Å². The van der Waals surface area contributed by atoms with Gasteiger partial charge in [0.05, 0.1) is 0 Å². The number of para-hydroxylation sites is 1. The summed E-state index contributed by atoms with van der Waals surface area (Å²) in [6, 6.07) is 7.61. The highest BCUT2D eigenvalue weighted by atomic mass is 16.2. The second kappa shape index (κ2) is 8.88. The van der Waals surface area contributed by atoms with Gasteiger partial charge < -0.3 is 16.0 Å². The molecule has 1 saturated carbocycles. The van der Waals surface area contributed by atoms with E-state index in [1.807, 2.05) is 43.0 Å². The number of likely N-dealkylation sites (N-methyl/N-ethyl adjacent to an activating group) is 1. The Morgan fingerprint density at radius 3 is 2.36 bits per heavy atom. The van der Waals surface area contributed by atoms with E-state index < -0.39 is 5.54 Å². The number of carbonyl (C=O) groups excluding carboxylic acids is 2. The van der Waals surface area contributed by atoms with Crippen LogP contribution in [0, 0.1) is 0 Å². The molecule has 25 heavy (non-hydrogen) atoms. The van der Waals surface area contributed by atoms with Crippen molar-refractivity contribution in [3.8, 4) is 0 Å². The Bertz CT molecular complexity index is 590. The first-order valence-corrected chi connectivity index (χ1v) is 9.46. The van der Waals surface area contributed by atoms with Crippen LogP contribution in [-0.2, 0) is 16.0 Å². The third-order valence-corrected chi connectivity index (χ3v) is 5.22. The van der Waals surface area contributed by atoms with E-state index in [-0.39, 0.29) is 11.8 Å². The maximum atomic E-state index is 13.0. The van der Waals surface area contributed by atoms with Crippen LogP contribution < -0.4 is 11.1 Å². The highest BCUT2D eigenvalue weighted by Gasteiger charge is 2.42. The van der Waals surface area contributed by atoms with Gasteiger partial charge in [-0.15, -0.1) is 0 Å². The molecule has 1 aromatic rings. The molecule has 0 spiro atoms. The van der Waals surface area contributed by atoms with Crippen molar-refractivity contribution in [1.29, 1.82) is 0 Å². The van der Waals surface area contributed by atoms with Crippen LogP contribution >= 0.6 is 0 Å². The lowest BCUT2D eigenvalue weighted by molar-refractivity contribution is -0.143. The predicted molar refractivity (Wildman–Crippen MR) is 101 cm³/mol. The quantitative estimate of drug-likeness (QED) is 0.746. The summed E-state index contributed by atoms with van der Waals surface area (Å²) in [5.41, 5.74) is 6.92. The van der Waals surface area contributed by atoms with Gasteiger partial charge in [-0.05, 0) is 44.7 Å². The van der Waals surface area contributed by atoms with Crippen LogP contribution in [-0.4, -0.2) is 35.3 Å². The summed E-state index contributed by atoms with van der Waals surface area (Å²) in [4.78, 5) is 27.5. The van der Waals surface area contributed by atoms with E-state index in [1.54, 1.807) is 0 Å². The number of nitrogens with one attached hydrogen (secondary N) is 1. The fourth-order valence-electron chi connectivity index (χ4n) is 3.70. The van der Waals surface area contributed by atoms with Crippen LogP contribution in [0.3, 0.4) is 0 Å². The van der Waals surface area contributed by atoms with Gasteiger partial charge in [0.1, 0.15) is 5.54 Å². The molecular weight excluding hydrogens is 314 g/mol. The summed E-state index contributed by atoms with van der Waals surface area (Å²) in [6.07, 6.45) is 5.51. The van der Waals surface area contributed by atoms with Crippen LogP contribution in [0.15, 0.2) is 24.3 Å². The molecule has 1 aromatic carbocycles. The molecular formula is C20H31N3O2. The molecule has 0 heterocycles. The van der Waals surface area contributed by atoms with Gasteiger partial charge in [0.25, 0.3) is 0 Å². The molecule has 0 atom stereocenters. The summed E-state index contributed by atoms with van der Waals surface area (Å²) in [6.45, 7) is 5.32. The van der Waals surface area contributed by atoms with E-state index in [4.69, 9.17) is 5.73 Å². The topological polar surface area (TPSA) is 75.4 Å². The van der Waals surface area contributed by atoms with Gasteiger partial charge in [-0.1, -0.05) is 37.5 Å². The van der Waals surface area contributed by atoms with Gasteiger partial charge in [-0.25, -0.2) is 0 Å². The van der Waals surface area contributed by atoms with Crippen molar-refractivity contribution >= 4 is 17.5 Å². The molecule has 2 rings (SSSR count). The Balaban J connectivity index is 2.05. The van der Waals surface area contributed by atoms with E-state index >= 15 is 0 Å². The number of nitrogen functional groups attached to an aromatic ring is 1. The molecule has 0 unspecified atom stereocenters. The van der Waals surface area contributed by atoms with Gasteiger partial charge in [0, 0.05) is 25.2 Å². The Morgan fingerprint density at radius 1 is 1.12 bits per heavy atom. The minimum atomic E-state index is -0.719. The predicted octanol–water partition coefficient (Wildman–Crippen LogP) is 2.89. The van der Waals surface area contributed by atoms with E-state index in [0.29, 0.717) is 31.6 Å². The first-order chi connectivity index (χ1) is 12.0. The summed E-state index contributed by atoms with van der Waals surface area (Å²) in [5.74, 6) is 0.00966. The van der Waals surface area contributed by atoms with Crippen LogP contribution in [0.25, 0.3) is 0 Å². The number of aryl methyl sites for hydroxylation is 1. The van der Waals surface area contributed by atoms with Crippen molar-refractivity contribution in [2.45, 2.75) is 64.3 Å². The summed E-state index contributed by atoms with van der Waals surface area (Å²) in [5, 5.41) is 3.10. The average Bonchev–Trinajstić information content (AvgIpc) is 2.62. The number of carbonyl (C=O) groups is 2. The fraction of sp³-hybridized carbons (Fsp3) is 0.600. The normalized spacial score (nSPS) is 16.2. The van der Waals surface area contributed by atoms with Crippen molar-refractivity contribution in [3.63, 3.8) is 0 Å². The van der Waals surface area contributed by atoms with E-state index in [9.17, 15) is 9.59 Å². The lowest BCUT2D eigenvalue weighted by atomic mass is 9.80. The van der Waals surface area contributed by atoms with Gasteiger partial charge in [-0.3, -0.25) is 9.59 Å². The first-order valence-electron chi connectivity index (χ1n) is 9.46. The number of rotatable bonds is 7. The smallest absolute Gasteiger partial charge is 0.248 e. The molecule has 0 saturated heterocycles. The second-order valence-electron chi connectivity index (χ2n) is 6.87. The fourth-order valence-corrected chi connectivity index (χ4v) is 3.70. The molecule has 0 aromatic heterocycles. The van der Waals surface area contributed by atoms with Gasteiger partial charge in [-0.2, -0.15) is 0 Å². The first kappa shape index (κ1) is 19.3. The lowest BCUT2D eigenvalue weighted by Crippen LogP contribution is -2.60. The molecule has 5 heteroatoms. The standard InChI is InChI=1S/C20H31N3O2/c1-3-23(4-2)19(25)20(14-8-5-9-15-20)22-18(24)13-12-16-10-6-7-11-17(16)21/h6-7,10-11H,3-5,8-9,12-15,21H2,1-2H3,(H,22,24). The highest BCUT2D eigenvalue weighted by molar-refractivity contribution is 5.91. The lowest BCUT2D eigenvalue weighted by Gasteiger charge is -2.40. The SMILES string of the molecule is CCN(CC)C(=O)C1(NC(=O)CCc2ccccc2N)CCCCC1. The van der Waals surface area contributed by atoms with Crippen molar-refractivity contribution in [2.24, 2.45) is 0 Å². The van der Waals surface area contributed by atoms with E-state index in [0.717, 1.165) is 37.7 Å². The third-order valence-electron chi connectivity index (χ3n) is 5.22.